The monoisotopic (exact) mass is 396 g/mol. The van der Waals surface area contributed by atoms with Crippen molar-refractivity contribution in [2.45, 2.75) is 37.8 Å². The number of hydrogen-bond acceptors (Lipinski definition) is 4. The summed E-state index contributed by atoms with van der Waals surface area (Å²) in [5.74, 6) is -0.139. The maximum Gasteiger partial charge on any atom is 0.321 e. The molecule has 1 atom stereocenters. The summed E-state index contributed by atoms with van der Waals surface area (Å²) in [4.78, 5) is 26.7. The Bertz CT molecular complexity index is 823. The highest BCUT2D eigenvalue weighted by molar-refractivity contribution is 5.92. The molecule has 1 unspecified atom stereocenters. The van der Waals surface area contributed by atoms with Crippen molar-refractivity contribution in [3.8, 4) is 0 Å². The zero-order valence-electron chi connectivity index (χ0n) is 16.5. The predicted octanol–water partition coefficient (Wildman–Crippen LogP) is 2.23. The molecule has 1 aromatic heterocycles. The average molecular weight is 396 g/mol. The Kier molecular flexibility index (Phi) is 6.09. The molecule has 1 aromatic carbocycles. The van der Waals surface area contributed by atoms with Crippen LogP contribution in [0.5, 0.6) is 0 Å². The van der Waals surface area contributed by atoms with E-state index in [1.165, 1.54) is 0 Å². The highest BCUT2D eigenvalue weighted by Crippen LogP contribution is 2.17. The van der Waals surface area contributed by atoms with Crippen molar-refractivity contribution in [2.75, 3.05) is 31.5 Å². The molecule has 8 heteroatoms. The van der Waals surface area contributed by atoms with Gasteiger partial charge in [0, 0.05) is 37.6 Å². The molecule has 29 heavy (non-hydrogen) atoms. The number of nitrogens with zero attached hydrogens (tertiary/aromatic N) is 3. The highest BCUT2D eigenvalue weighted by Gasteiger charge is 2.25. The van der Waals surface area contributed by atoms with Crippen LogP contribution >= 0.6 is 0 Å². The largest absolute Gasteiger partial charge is 0.348 e. The van der Waals surface area contributed by atoms with Crippen molar-refractivity contribution >= 4 is 17.6 Å². The van der Waals surface area contributed by atoms with Crippen LogP contribution in [0, 0.1) is 0 Å². The van der Waals surface area contributed by atoms with Crippen LogP contribution in [0.15, 0.2) is 42.6 Å². The lowest BCUT2D eigenvalue weighted by Gasteiger charge is -2.32. The van der Waals surface area contributed by atoms with Crippen LogP contribution in [0.2, 0.25) is 0 Å². The summed E-state index contributed by atoms with van der Waals surface area (Å²) in [6.45, 7) is 3.18. The quantitative estimate of drug-likeness (QED) is 0.739. The molecule has 154 valence electrons. The third-order valence-corrected chi connectivity index (χ3v) is 5.63. The Morgan fingerprint density at radius 1 is 1.07 bits per heavy atom. The normalized spacial score (nSPS) is 20.3. The second kappa shape index (κ2) is 9.09. The number of nitrogens with one attached hydrogen (secondary N) is 3. The fraction of sp³-hybridized carbons (Fsp3) is 0.476. The molecule has 4 rings (SSSR count). The number of likely N-dealkylation sites (tertiary alicyclic amines) is 1. The van der Waals surface area contributed by atoms with E-state index in [-0.39, 0.29) is 18.0 Å². The Hall–Kier alpha value is -2.87. The summed E-state index contributed by atoms with van der Waals surface area (Å²) in [7, 11) is 0. The van der Waals surface area contributed by atoms with E-state index in [0.29, 0.717) is 24.8 Å². The van der Waals surface area contributed by atoms with Crippen LogP contribution in [0.1, 0.15) is 42.2 Å². The van der Waals surface area contributed by atoms with Crippen molar-refractivity contribution in [3.05, 3.63) is 48.3 Å². The molecule has 2 saturated heterocycles. The second-order valence-electron chi connectivity index (χ2n) is 7.71. The van der Waals surface area contributed by atoms with Crippen molar-refractivity contribution < 1.29 is 9.59 Å². The van der Waals surface area contributed by atoms with E-state index in [2.05, 4.69) is 21.0 Å². The first-order valence-electron chi connectivity index (χ1n) is 10.4. The first-order valence-corrected chi connectivity index (χ1v) is 10.4. The highest BCUT2D eigenvalue weighted by atomic mass is 16.2. The van der Waals surface area contributed by atoms with E-state index >= 15 is 0 Å². The molecule has 0 bridgehead atoms. The minimum atomic E-state index is -0.139. The summed E-state index contributed by atoms with van der Waals surface area (Å²) in [5.41, 5.74) is 1.25. The third kappa shape index (κ3) is 4.95. The maximum absolute atomic E-state index is 12.6. The molecule has 3 heterocycles. The molecular weight excluding hydrogens is 368 g/mol. The van der Waals surface area contributed by atoms with Gasteiger partial charge in [0.05, 0.1) is 6.04 Å². The molecule has 8 nitrogen and oxygen atoms in total. The van der Waals surface area contributed by atoms with E-state index in [9.17, 15) is 9.59 Å². The van der Waals surface area contributed by atoms with Gasteiger partial charge < -0.3 is 20.9 Å². The number of hydrogen-bond donors (Lipinski definition) is 3. The Morgan fingerprint density at radius 3 is 2.59 bits per heavy atom. The Balaban J connectivity index is 1.24. The molecule has 2 fully saturated rings. The molecule has 2 aromatic rings. The first-order chi connectivity index (χ1) is 14.2. The Labute approximate surface area is 170 Å². The van der Waals surface area contributed by atoms with Gasteiger partial charge in [0.1, 0.15) is 5.69 Å². The van der Waals surface area contributed by atoms with E-state index in [0.717, 1.165) is 44.5 Å². The number of carbonyl (C=O) groups is 2. The summed E-state index contributed by atoms with van der Waals surface area (Å²) in [6.07, 6.45) is 5.58. The minimum Gasteiger partial charge on any atom is -0.348 e. The molecule has 0 aliphatic carbocycles. The number of benzene rings is 1. The number of aromatic nitrogens is 2. The third-order valence-electron chi connectivity index (χ3n) is 5.63. The van der Waals surface area contributed by atoms with Crippen molar-refractivity contribution in [2.24, 2.45) is 0 Å². The molecule has 3 amide bonds. The van der Waals surface area contributed by atoms with Gasteiger partial charge in [0.25, 0.3) is 5.91 Å². The van der Waals surface area contributed by atoms with Gasteiger partial charge in [0.15, 0.2) is 0 Å². The number of para-hydroxylation sites is 1. The van der Waals surface area contributed by atoms with Gasteiger partial charge in [-0.2, -0.15) is 5.10 Å². The van der Waals surface area contributed by atoms with Gasteiger partial charge in [-0.25, -0.2) is 4.79 Å². The van der Waals surface area contributed by atoms with Gasteiger partial charge in [-0.3, -0.25) is 9.48 Å². The fourth-order valence-corrected chi connectivity index (χ4v) is 3.93. The standard InChI is InChI=1S/C21H28N6O2/c28-20(19-10-14-27(25-19)18-7-4-11-22-15-18)23-17-8-12-26(13-9-17)21(29)24-16-5-2-1-3-6-16/h1-3,5-6,10,14,17-18,22H,4,7-9,11-13,15H2,(H,23,28)(H,24,29). The number of piperidine rings is 2. The second-order valence-corrected chi connectivity index (χ2v) is 7.71. The van der Waals surface area contributed by atoms with Gasteiger partial charge in [-0.1, -0.05) is 18.2 Å². The van der Waals surface area contributed by atoms with Gasteiger partial charge in [-0.05, 0) is 50.4 Å². The Morgan fingerprint density at radius 2 is 1.86 bits per heavy atom. The lowest BCUT2D eigenvalue weighted by atomic mass is 10.1. The summed E-state index contributed by atoms with van der Waals surface area (Å²) >= 11 is 0. The van der Waals surface area contributed by atoms with Gasteiger partial charge in [-0.15, -0.1) is 0 Å². The lowest BCUT2D eigenvalue weighted by Crippen LogP contribution is -2.47. The summed E-state index contributed by atoms with van der Waals surface area (Å²) in [6, 6.07) is 11.5. The molecule has 0 spiro atoms. The molecule has 3 N–H and O–H groups in total. The first kappa shape index (κ1) is 19.4. The predicted molar refractivity (Wildman–Crippen MR) is 111 cm³/mol. The van der Waals surface area contributed by atoms with Crippen molar-refractivity contribution in [1.82, 2.24) is 25.3 Å². The SMILES string of the molecule is O=C(NC1CCN(C(=O)Nc2ccccc2)CC1)c1ccn(C2CCCNC2)n1. The number of amides is 3. The van der Waals surface area contributed by atoms with E-state index in [4.69, 9.17) is 0 Å². The lowest BCUT2D eigenvalue weighted by molar-refractivity contribution is 0.0913. The van der Waals surface area contributed by atoms with E-state index < -0.39 is 0 Å². The van der Waals surface area contributed by atoms with Crippen molar-refractivity contribution in [1.29, 1.82) is 0 Å². The van der Waals surface area contributed by atoms with Crippen LogP contribution in [-0.4, -0.2) is 58.8 Å². The minimum absolute atomic E-state index is 0.0600. The molecule has 2 aliphatic heterocycles. The zero-order valence-corrected chi connectivity index (χ0v) is 16.5. The maximum atomic E-state index is 12.6. The fourth-order valence-electron chi connectivity index (χ4n) is 3.93. The number of anilines is 1. The zero-order chi connectivity index (χ0) is 20.1. The molecule has 0 radical (unpaired) electrons. The average Bonchev–Trinajstić information content (AvgIpc) is 3.26. The van der Waals surface area contributed by atoms with Crippen molar-refractivity contribution in [3.63, 3.8) is 0 Å². The summed E-state index contributed by atoms with van der Waals surface area (Å²) in [5, 5.41) is 13.8. The van der Waals surface area contributed by atoms with Gasteiger partial charge >= 0.3 is 6.03 Å². The van der Waals surface area contributed by atoms with Crippen LogP contribution < -0.4 is 16.0 Å². The number of urea groups is 1. The topological polar surface area (TPSA) is 91.3 Å². The van der Waals surface area contributed by atoms with E-state index in [1.54, 1.807) is 11.0 Å². The molecular formula is C21H28N6O2. The van der Waals surface area contributed by atoms with Crippen LogP contribution in [-0.2, 0) is 0 Å². The summed E-state index contributed by atoms with van der Waals surface area (Å²) < 4.78 is 1.90. The van der Waals surface area contributed by atoms with Gasteiger partial charge in [0.2, 0.25) is 0 Å². The molecule has 2 aliphatic rings. The smallest absolute Gasteiger partial charge is 0.321 e. The number of carbonyl (C=O) groups excluding carboxylic acids is 2. The van der Waals surface area contributed by atoms with E-state index in [1.807, 2.05) is 41.2 Å². The van der Waals surface area contributed by atoms with Crippen LogP contribution in [0.25, 0.3) is 0 Å². The molecule has 0 saturated carbocycles. The number of rotatable bonds is 4. The van der Waals surface area contributed by atoms with Crippen LogP contribution in [0.3, 0.4) is 0 Å². The van der Waals surface area contributed by atoms with Crippen LogP contribution in [0.4, 0.5) is 10.5 Å².